The summed E-state index contributed by atoms with van der Waals surface area (Å²) in [6, 6.07) is 0. The molecule has 33 heavy (non-hydrogen) atoms. The van der Waals surface area contributed by atoms with Gasteiger partial charge in [-0.3, -0.25) is 9.59 Å². The molecule has 4 N–H and O–H groups in total. The van der Waals surface area contributed by atoms with Gasteiger partial charge in [0.25, 0.3) is 0 Å². The van der Waals surface area contributed by atoms with Crippen LogP contribution in [0.25, 0.3) is 0 Å². The largest absolute Gasteiger partial charge is 0.380 e. The fourth-order valence-corrected chi connectivity index (χ4v) is 3.30. The monoisotopic (exact) mass is 470 g/mol. The quantitative estimate of drug-likeness (QED) is 0.162. The van der Waals surface area contributed by atoms with Gasteiger partial charge in [0.2, 0.25) is 11.8 Å². The number of carbonyl (C=O) groups excluding carboxylic acids is 2. The van der Waals surface area contributed by atoms with E-state index in [1.807, 2.05) is 0 Å². The van der Waals surface area contributed by atoms with Gasteiger partial charge in [-0.25, -0.2) is 0 Å². The summed E-state index contributed by atoms with van der Waals surface area (Å²) in [6.07, 6.45) is 9.81. The Kier molecular flexibility index (Phi) is 23.1. The molecule has 0 heterocycles. The number of unbranched alkanes of at least 4 members (excludes halogenated alkanes) is 6. The topological polar surface area (TPSA) is 91.5 Å². The fourth-order valence-electron chi connectivity index (χ4n) is 3.30. The van der Waals surface area contributed by atoms with E-state index in [1.54, 1.807) is 0 Å². The molecule has 0 bridgehead atoms. The zero-order chi connectivity index (χ0) is 24.6. The van der Waals surface area contributed by atoms with E-state index in [1.165, 1.54) is 25.7 Å². The van der Waals surface area contributed by atoms with Crippen molar-refractivity contribution in [3.63, 3.8) is 0 Å². The van der Waals surface area contributed by atoms with Crippen LogP contribution in [-0.2, 0) is 14.3 Å². The van der Waals surface area contributed by atoms with Crippen LogP contribution in [0.5, 0.6) is 0 Å². The first-order chi connectivity index (χ1) is 15.9. The van der Waals surface area contributed by atoms with Gasteiger partial charge in [-0.05, 0) is 63.7 Å². The van der Waals surface area contributed by atoms with Crippen molar-refractivity contribution < 1.29 is 14.3 Å². The number of hydrogen-bond acceptors (Lipinski definition) is 5. The summed E-state index contributed by atoms with van der Waals surface area (Å²) in [5.41, 5.74) is 0. The van der Waals surface area contributed by atoms with E-state index in [0.717, 1.165) is 65.0 Å². The van der Waals surface area contributed by atoms with Crippen molar-refractivity contribution in [2.24, 2.45) is 11.8 Å². The van der Waals surface area contributed by atoms with Gasteiger partial charge in [0.05, 0.1) is 13.2 Å². The van der Waals surface area contributed by atoms with Crippen molar-refractivity contribution in [1.82, 2.24) is 21.3 Å². The van der Waals surface area contributed by atoms with Gasteiger partial charge in [0, 0.05) is 25.9 Å². The first-order valence-corrected chi connectivity index (χ1v) is 13.4. The summed E-state index contributed by atoms with van der Waals surface area (Å²) in [6.45, 7) is 15.4. The molecular weight excluding hydrogens is 416 g/mol. The second-order valence-corrected chi connectivity index (χ2v) is 9.84. The van der Waals surface area contributed by atoms with Crippen LogP contribution in [0.4, 0.5) is 0 Å². The summed E-state index contributed by atoms with van der Waals surface area (Å²) in [7, 11) is 0. The molecule has 0 spiro atoms. The highest BCUT2D eigenvalue weighted by Gasteiger charge is 2.03. The molecule has 0 aliphatic carbocycles. The number of nitrogens with one attached hydrogen (secondary N) is 4. The van der Waals surface area contributed by atoms with E-state index in [9.17, 15) is 9.59 Å². The van der Waals surface area contributed by atoms with Gasteiger partial charge in [0.15, 0.2) is 0 Å². The Morgan fingerprint density at radius 3 is 1.30 bits per heavy atom. The molecular formula is C26H54N4O3. The van der Waals surface area contributed by atoms with Crippen molar-refractivity contribution in [3.05, 3.63) is 0 Å². The van der Waals surface area contributed by atoms with Gasteiger partial charge >= 0.3 is 0 Å². The van der Waals surface area contributed by atoms with Crippen LogP contribution < -0.4 is 21.3 Å². The fraction of sp³-hybridized carbons (Fsp3) is 0.923. The van der Waals surface area contributed by atoms with Crippen molar-refractivity contribution in [2.45, 2.75) is 91.9 Å². The molecule has 0 saturated carbocycles. The van der Waals surface area contributed by atoms with Crippen LogP contribution >= 0.6 is 0 Å². The summed E-state index contributed by atoms with van der Waals surface area (Å²) >= 11 is 0. The van der Waals surface area contributed by atoms with Gasteiger partial charge in [-0.15, -0.1) is 0 Å². The highest BCUT2D eigenvalue weighted by molar-refractivity contribution is 5.76. The molecule has 0 atom stereocenters. The predicted octanol–water partition coefficient (Wildman–Crippen LogP) is 3.63. The first kappa shape index (κ1) is 31.8. The molecule has 7 heteroatoms. The van der Waals surface area contributed by atoms with E-state index < -0.39 is 0 Å². The molecule has 196 valence electrons. The maximum Gasteiger partial charge on any atom is 0.222 e. The van der Waals surface area contributed by atoms with E-state index in [4.69, 9.17) is 4.74 Å². The zero-order valence-electron chi connectivity index (χ0n) is 22.1. The number of ether oxygens (including phenoxy) is 1. The molecule has 0 radical (unpaired) electrons. The number of amides is 2. The van der Waals surface area contributed by atoms with Gasteiger partial charge in [-0.1, -0.05) is 53.4 Å². The van der Waals surface area contributed by atoms with E-state index >= 15 is 0 Å². The van der Waals surface area contributed by atoms with Crippen molar-refractivity contribution in [2.75, 3.05) is 52.5 Å². The summed E-state index contributed by atoms with van der Waals surface area (Å²) in [5.74, 6) is 1.46. The average Bonchev–Trinajstić information content (AvgIpc) is 2.76. The second kappa shape index (κ2) is 24.0. The smallest absolute Gasteiger partial charge is 0.222 e. The van der Waals surface area contributed by atoms with Crippen molar-refractivity contribution in [3.8, 4) is 0 Å². The molecule has 0 aliphatic heterocycles. The van der Waals surface area contributed by atoms with Crippen molar-refractivity contribution in [1.29, 1.82) is 0 Å². The van der Waals surface area contributed by atoms with Crippen LogP contribution in [0.2, 0.25) is 0 Å². The van der Waals surface area contributed by atoms with Crippen LogP contribution in [0.3, 0.4) is 0 Å². The third-order valence-electron chi connectivity index (χ3n) is 5.26. The first-order valence-electron chi connectivity index (χ1n) is 13.4. The maximum absolute atomic E-state index is 11.8. The number of hydrogen-bond donors (Lipinski definition) is 4. The third kappa shape index (κ3) is 26.9. The van der Waals surface area contributed by atoms with Crippen LogP contribution in [0.1, 0.15) is 91.9 Å². The maximum atomic E-state index is 11.8. The van der Waals surface area contributed by atoms with E-state index in [2.05, 4.69) is 49.0 Å². The molecule has 7 nitrogen and oxygen atoms in total. The molecule has 2 amide bonds. The van der Waals surface area contributed by atoms with E-state index in [-0.39, 0.29) is 11.8 Å². The summed E-state index contributed by atoms with van der Waals surface area (Å²) in [4.78, 5) is 23.6. The van der Waals surface area contributed by atoms with Crippen LogP contribution in [0.15, 0.2) is 0 Å². The number of carbonyl (C=O) groups is 2. The number of rotatable bonds is 24. The van der Waals surface area contributed by atoms with Gasteiger partial charge in [0.1, 0.15) is 0 Å². The predicted molar refractivity (Wildman–Crippen MR) is 138 cm³/mol. The normalized spacial score (nSPS) is 11.3. The zero-order valence-corrected chi connectivity index (χ0v) is 22.1. The highest BCUT2D eigenvalue weighted by Crippen LogP contribution is 2.00. The van der Waals surface area contributed by atoms with Crippen LogP contribution in [-0.4, -0.2) is 64.3 Å². The summed E-state index contributed by atoms with van der Waals surface area (Å²) < 4.78 is 5.44. The molecule has 0 aliphatic rings. The highest BCUT2D eigenvalue weighted by atomic mass is 16.5. The Hall–Kier alpha value is -1.18. The molecule has 0 unspecified atom stereocenters. The Morgan fingerprint density at radius 2 is 0.939 bits per heavy atom. The second-order valence-electron chi connectivity index (χ2n) is 9.84. The lowest BCUT2D eigenvalue weighted by Gasteiger charge is -2.08. The minimum Gasteiger partial charge on any atom is -0.380 e. The average molecular weight is 471 g/mol. The molecule has 0 aromatic carbocycles. The Morgan fingerprint density at radius 1 is 0.576 bits per heavy atom. The molecule has 0 aromatic heterocycles. The minimum absolute atomic E-state index is 0.0254. The molecule has 0 rings (SSSR count). The summed E-state index contributed by atoms with van der Waals surface area (Å²) in [5, 5.41) is 12.8. The third-order valence-corrected chi connectivity index (χ3v) is 5.26. The lowest BCUT2D eigenvalue weighted by Crippen LogP contribution is -2.27. The van der Waals surface area contributed by atoms with E-state index in [0.29, 0.717) is 37.9 Å². The molecule has 0 saturated heterocycles. The van der Waals surface area contributed by atoms with Crippen LogP contribution in [0, 0.1) is 11.8 Å². The standard InChI is InChI=1S/C26H54N4O3/c1-23(2)21-27-15-9-5-7-11-17-29-25(31)13-19-33-20-14-26(32)30-18-12-8-6-10-16-28-22-24(3)4/h23-24,27-28H,5-22H2,1-4H3,(H,29,31)(H,30,32). The Balaban J connectivity index is 3.31. The minimum atomic E-state index is 0.0254. The van der Waals surface area contributed by atoms with Gasteiger partial charge in [-0.2, -0.15) is 0 Å². The molecule has 0 fully saturated rings. The Bertz CT molecular complexity index is 419. The molecule has 0 aromatic rings. The Labute approximate surface area is 203 Å². The van der Waals surface area contributed by atoms with Crippen molar-refractivity contribution >= 4 is 11.8 Å². The SMILES string of the molecule is CC(C)CNCCCCCCNC(=O)CCOCCC(=O)NCCCCCCNCC(C)C. The van der Waals surface area contributed by atoms with Gasteiger partial charge < -0.3 is 26.0 Å². The lowest BCUT2D eigenvalue weighted by molar-refractivity contribution is -0.122. The lowest BCUT2D eigenvalue weighted by atomic mass is 10.2.